The number of hydrogen-bond donors (Lipinski definition) is 19. The summed E-state index contributed by atoms with van der Waals surface area (Å²) < 4.78 is 0. The number of rotatable bonds is 43. The van der Waals surface area contributed by atoms with Crippen molar-refractivity contribution in [2.45, 2.75) is 204 Å². The molecule has 82 heavy (non-hydrogen) atoms. The largest absolute Gasteiger partial charge is 0.481 e. The van der Waals surface area contributed by atoms with Crippen molar-refractivity contribution in [1.29, 1.82) is 0 Å². The fourth-order valence-electron chi connectivity index (χ4n) is 7.77. The van der Waals surface area contributed by atoms with E-state index in [9.17, 15) is 93.0 Å². The van der Waals surface area contributed by atoms with Crippen LogP contribution in [0.2, 0.25) is 0 Å². The highest BCUT2D eigenvalue weighted by molar-refractivity contribution is 5.99. The average Bonchev–Trinajstić information content (AvgIpc) is 3.40. The van der Waals surface area contributed by atoms with Crippen LogP contribution in [-0.2, 0) is 62.3 Å². The number of amides is 9. The Kier molecular flexibility index (Phi) is 35.9. The first-order valence-corrected chi connectivity index (χ1v) is 27.1. The lowest BCUT2D eigenvalue weighted by molar-refractivity contribution is -0.143. The van der Waals surface area contributed by atoms with Crippen LogP contribution in [0.25, 0.3) is 0 Å². The molecule has 0 aliphatic carbocycles. The molecule has 22 N–H and O–H groups in total. The maximum absolute atomic E-state index is 14.2. The number of nitrogens with one attached hydrogen (secondary N) is 9. The normalized spacial score (nSPS) is 16.0. The lowest BCUT2D eigenvalue weighted by Crippen LogP contribution is -2.63. The van der Waals surface area contributed by atoms with Crippen molar-refractivity contribution in [3.05, 3.63) is 0 Å². The van der Waals surface area contributed by atoms with Crippen LogP contribution in [0.1, 0.15) is 131 Å². The molecule has 0 aromatic heterocycles. The number of hydrogen-bond acceptors (Lipinski definition) is 19. The molecule has 0 heterocycles. The molecule has 9 amide bonds. The molecule has 0 aromatic rings. The zero-order valence-corrected chi connectivity index (χ0v) is 47.3. The highest BCUT2D eigenvalue weighted by Crippen LogP contribution is 2.14. The maximum atomic E-state index is 14.2. The number of aliphatic hydroxyl groups is 3. The molecule has 0 bridgehead atoms. The zero-order valence-electron chi connectivity index (χ0n) is 47.3. The summed E-state index contributed by atoms with van der Waals surface area (Å²) in [4.78, 5) is 169. The fraction of sp³-hybridized carbons (Fsp3) is 0.740. The molecule has 0 aromatic carbocycles. The number of aliphatic carboxylic acids is 4. The van der Waals surface area contributed by atoms with E-state index in [2.05, 4.69) is 47.9 Å². The van der Waals surface area contributed by atoms with Gasteiger partial charge in [-0.3, -0.25) is 57.5 Å². The highest BCUT2D eigenvalue weighted by atomic mass is 16.4. The molecule has 0 saturated heterocycles. The molecule has 0 fully saturated rings. The SMILES string of the molecule is CC[C@H](C)[C@H](NC(=O)[C@H](CCC(=O)O)NC(=O)[C@H](CO)NC(=O)[C@@H](N)CCC(=O)O)C(=O)N[C@@H](CCC(=O)O)C(=O)N[C@@H](CCCCN)C(=O)N[C@@H](CC(C)C)C(=O)N[C@H](C(=O)N[C@H](C(=O)N[C@@H](CCCCN)C(=O)O)[C@@H](C)O)[C@@H](C)O. The number of carbonyl (C=O) groups excluding carboxylic acids is 9. The van der Waals surface area contributed by atoms with E-state index in [0.717, 1.165) is 13.8 Å². The molecule has 13 atom stereocenters. The van der Waals surface area contributed by atoms with Crippen LogP contribution in [0, 0.1) is 11.8 Å². The van der Waals surface area contributed by atoms with Crippen molar-refractivity contribution in [3.63, 3.8) is 0 Å². The number of unbranched alkanes of at least 4 members (excludes halogenated alkanes) is 2. The van der Waals surface area contributed by atoms with Crippen LogP contribution >= 0.6 is 0 Å². The first-order chi connectivity index (χ1) is 38.3. The Hall–Kier alpha value is -7.13. The number of carboxylic acids is 4. The summed E-state index contributed by atoms with van der Waals surface area (Å²) in [7, 11) is 0. The number of aliphatic hydroxyl groups excluding tert-OH is 3. The van der Waals surface area contributed by atoms with Crippen LogP contribution < -0.4 is 65.1 Å². The predicted octanol–water partition coefficient (Wildman–Crippen LogP) is -5.54. The summed E-state index contributed by atoms with van der Waals surface area (Å²) in [6, 6.07) is -16.3. The summed E-state index contributed by atoms with van der Waals surface area (Å²) in [6.07, 6.45) is -5.63. The lowest BCUT2D eigenvalue weighted by Gasteiger charge is -2.30. The Morgan fingerprint density at radius 3 is 1.15 bits per heavy atom. The van der Waals surface area contributed by atoms with Gasteiger partial charge in [-0.05, 0) is 103 Å². The minimum absolute atomic E-state index is 0.0283. The summed E-state index contributed by atoms with van der Waals surface area (Å²) in [5.41, 5.74) is 16.9. The van der Waals surface area contributed by atoms with Gasteiger partial charge in [-0.1, -0.05) is 34.1 Å². The molecular weight excluding hydrogens is 1090 g/mol. The maximum Gasteiger partial charge on any atom is 0.326 e. The molecule has 0 saturated carbocycles. The standard InChI is InChI=1S/C50H88N12O20/c1-7-25(4)38(60-44(75)31(16-19-37(70)71)55-46(77)34(23-63)59-41(72)28(53)14-17-35(66)67)47(78)56-30(15-18-36(68)69)43(74)54-29(12-8-10-20-51)42(73)58-33(22-24(2)3)45(76)61-40(27(6)65)49(80)62-39(26(5)64)48(79)57-32(50(81)82)13-9-11-21-52/h24-34,38-40,63-65H,7-23,51-53H2,1-6H3,(H,54,74)(H,55,77)(H,56,78)(H,57,79)(H,58,73)(H,59,72)(H,60,75)(H,61,76)(H,62,80)(H,66,67)(H,68,69)(H,70,71)(H,81,82)/t25-,26+,27+,28-,29-,30-,31-,32-,33-,34-,38-,39-,40-/m0/s1. The van der Waals surface area contributed by atoms with Crippen LogP contribution in [-0.4, -0.2) is 205 Å². The summed E-state index contributed by atoms with van der Waals surface area (Å²) >= 11 is 0. The molecule has 0 aliphatic heterocycles. The second-order valence-electron chi connectivity index (χ2n) is 20.3. The van der Waals surface area contributed by atoms with E-state index in [4.69, 9.17) is 22.3 Å². The van der Waals surface area contributed by atoms with Gasteiger partial charge in [0.05, 0.1) is 24.9 Å². The molecule has 32 nitrogen and oxygen atoms in total. The van der Waals surface area contributed by atoms with Gasteiger partial charge in [0.25, 0.3) is 0 Å². The van der Waals surface area contributed by atoms with Crippen LogP contribution in [0.3, 0.4) is 0 Å². The Morgan fingerprint density at radius 2 is 0.732 bits per heavy atom. The van der Waals surface area contributed by atoms with E-state index < -0.39 is 194 Å². The minimum atomic E-state index is -1.84. The Balaban J connectivity index is 6.83. The Bertz CT molecular complexity index is 2150. The van der Waals surface area contributed by atoms with Crippen LogP contribution in [0.5, 0.6) is 0 Å². The van der Waals surface area contributed by atoms with E-state index in [1.807, 2.05) is 0 Å². The first-order valence-electron chi connectivity index (χ1n) is 27.1. The van der Waals surface area contributed by atoms with E-state index in [0.29, 0.717) is 19.3 Å². The van der Waals surface area contributed by atoms with Crippen molar-refractivity contribution < 1.29 is 98.1 Å². The third-order valence-electron chi connectivity index (χ3n) is 12.8. The number of nitrogens with two attached hydrogens (primary N) is 3. The number of carbonyl (C=O) groups is 13. The molecule has 0 unspecified atom stereocenters. The van der Waals surface area contributed by atoms with Crippen molar-refractivity contribution in [2.24, 2.45) is 29.0 Å². The third kappa shape index (κ3) is 29.0. The van der Waals surface area contributed by atoms with Gasteiger partial charge in [-0.25, -0.2) is 4.79 Å². The van der Waals surface area contributed by atoms with Gasteiger partial charge in [-0.15, -0.1) is 0 Å². The highest BCUT2D eigenvalue weighted by Gasteiger charge is 2.38. The summed E-state index contributed by atoms with van der Waals surface area (Å²) in [5, 5.41) is 89.6. The monoisotopic (exact) mass is 1180 g/mol. The summed E-state index contributed by atoms with van der Waals surface area (Å²) in [5.74, 6) is -16.5. The zero-order chi connectivity index (χ0) is 63.0. The smallest absolute Gasteiger partial charge is 0.326 e. The van der Waals surface area contributed by atoms with Crippen LogP contribution in [0.15, 0.2) is 0 Å². The molecule has 0 spiro atoms. The van der Waals surface area contributed by atoms with Gasteiger partial charge in [0.1, 0.15) is 54.4 Å². The molecule has 0 rings (SSSR count). The van der Waals surface area contributed by atoms with E-state index >= 15 is 0 Å². The van der Waals surface area contributed by atoms with Crippen LogP contribution in [0.4, 0.5) is 0 Å². The Morgan fingerprint density at radius 1 is 0.402 bits per heavy atom. The number of carboxylic acid groups (broad SMARTS) is 4. The molecular formula is C50H88N12O20. The third-order valence-corrected chi connectivity index (χ3v) is 12.8. The second kappa shape index (κ2) is 39.3. The first kappa shape index (κ1) is 74.9. The van der Waals surface area contributed by atoms with Gasteiger partial charge in [-0.2, -0.15) is 0 Å². The van der Waals surface area contributed by atoms with E-state index in [1.165, 1.54) is 6.92 Å². The van der Waals surface area contributed by atoms with Gasteiger partial charge in [0, 0.05) is 19.3 Å². The Labute approximate surface area is 474 Å². The molecule has 0 radical (unpaired) electrons. The molecule has 32 heteroatoms. The van der Waals surface area contributed by atoms with Gasteiger partial charge >= 0.3 is 23.9 Å². The average molecular weight is 1180 g/mol. The van der Waals surface area contributed by atoms with Gasteiger partial charge < -0.3 is 101 Å². The van der Waals surface area contributed by atoms with Crippen molar-refractivity contribution in [3.8, 4) is 0 Å². The molecule has 0 aliphatic rings. The van der Waals surface area contributed by atoms with Gasteiger partial charge in [0.15, 0.2) is 0 Å². The summed E-state index contributed by atoms with van der Waals surface area (Å²) in [6.45, 7) is 8.05. The van der Waals surface area contributed by atoms with Crippen molar-refractivity contribution in [2.75, 3.05) is 19.7 Å². The minimum Gasteiger partial charge on any atom is -0.481 e. The van der Waals surface area contributed by atoms with Crippen molar-refractivity contribution >= 4 is 77.0 Å². The topological polar surface area (TPSA) is 550 Å². The quantitative estimate of drug-likeness (QED) is 0.0253. The molecule has 468 valence electrons. The predicted molar refractivity (Wildman–Crippen MR) is 289 cm³/mol. The van der Waals surface area contributed by atoms with Crippen molar-refractivity contribution in [1.82, 2.24) is 47.9 Å². The van der Waals surface area contributed by atoms with E-state index in [1.54, 1.807) is 20.8 Å². The fourth-order valence-corrected chi connectivity index (χ4v) is 7.77. The lowest BCUT2D eigenvalue weighted by atomic mass is 9.96. The second-order valence-corrected chi connectivity index (χ2v) is 20.3. The van der Waals surface area contributed by atoms with E-state index in [-0.39, 0.29) is 57.5 Å². The van der Waals surface area contributed by atoms with Gasteiger partial charge in [0.2, 0.25) is 53.2 Å².